The molecule has 0 aliphatic carbocycles. The molecule has 21 heavy (non-hydrogen) atoms. The molecule has 1 atom stereocenters. The quantitative estimate of drug-likeness (QED) is 0.775. The van der Waals surface area contributed by atoms with Crippen molar-refractivity contribution in [2.45, 2.75) is 24.8 Å². The fourth-order valence-electron chi connectivity index (χ4n) is 2.20. The van der Waals surface area contributed by atoms with Gasteiger partial charge in [-0.3, -0.25) is 0 Å². The molecule has 0 saturated carbocycles. The second kappa shape index (κ2) is 7.57. The lowest BCUT2D eigenvalue weighted by atomic mass is 10.0. The second-order valence-electron chi connectivity index (χ2n) is 4.88. The van der Waals surface area contributed by atoms with E-state index in [1.54, 1.807) is 36.0 Å². The largest absolute Gasteiger partial charge is 0.309 e. The van der Waals surface area contributed by atoms with Crippen LogP contribution in [0.3, 0.4) is 0 Å². The van der Waals surface area contributed by atoms with E-state index >= 15 is 0 Å². The van der Waals surface area contributed by atoms with Crippen LogP contribution in [0.25, 0.3) is 0 Å². The number of benzene rings is 2. The molecule has 2 rings (SSSR count). The predicted molar refractivity (Wildman–Crippen MR) is 84.7 cm³/mol. The summed E-state index contributed by atoms with van der Waals surface area (Å²) < 4.78 is 26.4. The molecule has 1 N–H and O–H groups in total. The third-order valence-electron chi connectivity index (χ3n) is 3.30. The summed E-state index contributed by atoms with van der Waals surface area (Å²) in [4.78, 5) is 1.01. The van der Waals surface area contributed by atoms with E-state index in [0.717, 1.165) is 28.3 Å². The van der Waals surface area contributed by atoms with Gasteiger partial charge in [0, 0.05) is 16.7 Å². The van der Waals surface area contributed by atoms with E-state index in [2.05, 4.69) is 5.32 Å². The molecule has 2 aromatic carbocycles. The van der Waals surface area contributed by atoms with Gasteiger partial charge in [-0.05, 0) is 61.0 Å². The summed E-state index contributed by atoms with van der Waals surface area (Å²) in [6.45, 7) is 4.83. The SMILES string of the molecule is CCNC(CSc1ccc(F)cc1)c1cc(F)ccc1C. The minimum Gasteiger partial charge on any atom is -0.309 e. The van der Waals surface area contributed by atoms with Gasteiger partial charge in [-0.25, -0.2) is 8.78 Å². The number of thioether (sulfide) groups is 1. The van der Waals surface area contributed by atoms with Crippen molar-refractivity contribution >= 4 is 11.8 Å². The Morgan fingerprint density at radius 3 is 2.38 bits per heavy atom. The van der Waals surface area contributed by atoms with Crippen molar-refractivity contribution < 1.29 is 8.78 Å². The summed E-state index contributed by atoms with van der Waals surface area (Å²) in [5.41, 5.74) is 2.05. The van der Waals surface area contributed by atoms with Crippen LogP contribution in [-0.2, 0) is 0 Å². The summed E-state index contributed by atoms with van der Waals surface area (Å²) in [5.74, 6) is 0.317. The van der Waals surface area contributed by atoms with Gasteiger partial charge in [0.15, 0.2) is 0 Å². The normalized spacial score (nSPS) is 12.4. The highest BCUT2D eigenvalue weighted by Gasteiger charge is 2.14. The first-order valence-corrected chi connectivity index (χ1v) is 7.96. The van der Waals surface area contributed by atoms with E-state index in [4.69, 9.17) is 0 Å². The lowest BCUT2D eigenvalue weighted by Crippen LogP contribution is -2.23. The molecular formula is C17H19F2NS. The maximum Gasteiger partial charge on any atom is 0.123 e. The van der Waals surface area contributed by atoms with Crippen molar-refractivity contribution in [1.82, 2.24) is 5.32 Å². The minimum absolute atomic E-state index is 0.0701. The van der Waals surface area contributed by atoms with E-state index in [1.165, 1.54) is 18.2 Å². The Labute approximate surface area is 128 Å². The number of halogens is 2. The van der Waals surface area contributed by atoms with Crippen LogP contribution in [0.1, 0.15) is 24.1 Å². The van der Waals surface area contributed by atoms with E-state index in [-0.39, 0.29) is 17.7 Å². The molecule has 0 aliphatic heterocycles. The van der Waals surface area contributed by atoms with Gasteiger partial charge in [0.2, 0.25) is 0 Å². The summed E-state index contributed by atoms with van der Waals surface area (Å²) >= 11 is 1.63. The average molecular weight is 307 g/mol. The van der Waals surface area contributed by atoms with E-state index in [1.807, 2.05) is 13.8 Å². The molecule has 0 heterocycles. The number of aryl methyl sites for hydroxylation is 1. The molecule has 2 aromatic rings. The third-order valence-corrected chi connectivity index (χ3v) is 4.40. The molecule has 0 bridgehead atoms. The second-order valence-corrected chi connectivity index (χ2v) is 5.97. The fraction of sp³-hybridized carbons (Fsp3) is 0.294. The Morgan fingerprint density at radius 2 is 1.71 bits per heavy atom. The molecular weight excluding hydrogens is 288 g/mol. The lowest BCUT2D eigenvalue weighted by molar-refractivity contribution is 0.585. The van der Waals surface area contributed by atoms with Crippen LogP contribution in [0.4, 0.5) is 8.78 Å². The molecule has 0 radical (unpaired) electrons. The first kappa shape index (κ1) is 16.0. The van der Waals surface area contributed by atoms with Crippen LogP contribution in [-0.4, -0.2) is 12.3 Å². The highest BCUT2D eigenvalue weighted by atomic mass is 32.2. The summed E-state index contributed by atoms with van der Waals surface area (Å²) in [6.07, 6.45) is 0. The van der Waals surface area contributed by atoms with Crippen molar-refractivity contribution in [2.75, 3.05) is 12.3 Å². The Kier molecular flexibility index (Phi) is 5.76. The zero-order chi connectivity index (χ0) is 15.2. The maximum absolute atomic E-state index is 13.5. The van der Waals surface area contributed by atoms with Gasteiger partial charge < -0.3 is 5.32 Å². The number of hydrogen-bond acceptors (Lipinski definition) is 2. The number of hydrogen-bond donors (Lipinski definition) is 1. The van der Waals surface area contributed by atoms with Crippen molar-refractivity contribution in [3.8, 4) is 0 Å². The Balaban J connectivity index is 2.11. The molecule has 0 fully saturated rings. The monoisotopic (exact) mass is 307 g/mol. The highest BCUT2D eigenvalue weighted by Crippen LogP contribution is 2.27. The van der Waals surface area contributed by atoms with Gasteiger partial charge in [-0.2, -0.15) is 0 Å². The topological polar surface area (TPSA) is 12.0 Å². The zero-order valence-corrected chi connectivity index (χ0v) is 13.0. The van der Waals surface area contributed by atoms with Gasteiger partial charge in [0.05, 0.1) is 0 Å². The van der Waals surface area contributed by atoms with Crippen molar-refractivity contribution in [3.63, 3.8) is 0 Å². The molecule has 0 spiro atoms. The minimum atomic E-state index is -0.233. The number of nitrogens with one attached hydrogen (secondary N) is 1. The van der Waals surface area contributed by atoms with Gasteiger partial charge in [-0.1, -0.05) is 13.0 Å². The van der Waals surface area contributed by atoms with Crippen molar-refractivity contribution in [1.29, 1.82) is 0 Å². The van der Waals surface area contributed by atoms with Crippen LogP contribution < -0.4 is 5.32 Å². The van der Waals surface area contributed by atoms with Gasteiger partial charge in [0.1, 0.15) is 11.6 Å². The average Bonchev–Trinajstić information content (AvgIpc) is 2.48. The van der Waals surface area contributed by atoms with E-state index in [9.17, 15) is 8.78 Å². The molecule has 4 heteroatoms. The molecule has 1 unspecified atom stereocenters. The Bertz CT molecular complexity index is 584. The smallest absolute Gasteiger partial charge is 0.123 e. The van der Waals surface area contributed by atoms with Crippen molar-refractivity contribution in [2.24, 2.45) is 0 Å². The Hall–Kier alpha value is -1.39. The van der Waals surface area contributed by atoms with E-state index < -0.39 is 0 Å². The molecule has 0 saturated heterocycles. The fourth-order valence-corrected chi connectivity index (χ4v) is 3.19. The molecule has 0 aliphatic rings. The number of rotatable bonds is 6. The van der Waals surface area contributed by atoms with Crippen LogP contribution >= 0.6 is 11.8 Å². The van der Waals surface area contributed by atoms with Crippen LogP contribution in [0.5, 0.6) is 0 Å². The summed E-state index contributed by atoms with van der Waals surface area (Å²) in [7, 11) is 0. The summed E-state index contributed by atoms with van der Waals surface area (Å²) in [6, 6.07) is 11.4. The third kappa shape index (κ3) is 4.55. The van der Waals surface area contributed by atoms with Gasteiger partial charge in [-0.15, -0.1) is 11.8 Å². The standard InChI is InChI=1S/C17H19F2NS/c1-3-20-17(16-10-14(19)5-4-12(16)2)11-21-15-8-6-13(18)7-9-15/h4-10,17,20H,3,11H2,1-2H3. The van der Waals surface area contributed by atoms with Crippen LogP contribution in [0, 0.1) is 18.6 Å². The molecule has 1 nitrogen and oxygen atoms in total. The van der Waals surface area contributed by atoms with Crippen LogP contribution in [0.15, 0.2) is 47.4 Å². The molecule has 112 valence electrons. The first-order chi connectivity index (χ1) is 10.1. The molecule has 0 amide bonds. The van der Waals surface area contributed by atoms with Gasteiger partial charge >= 0.3 is 0 Å². The summed E-state index contributed by atoms with van der Waals surface area (Å²) in [5, 5.41) is 3.39. The van der Waals surface area contributed by atoms with Crippen LogP contribution in [0.2, 0.25) is 0 Å². The molecule has 0 aromatic heterocycles. The maximum atomic E-state index is 13.5. The lowest BCUT2D eigenvalue weighted by Gasteiger charge is -2.20. The van der Waals surface area contributed by atoms with Gasteiger partial charge in [0.25, 0.3) is 0 Å². The first-order valence-electron chi connectivity index (χ1n) is 6.98. The predicted octanol–water partition coefficient (Wildman–Crippen LogP) is 4.72. The Morgan fingerprint density at radius 1 is 1.05 bits per heavy atom. The zero-order valence-electron chi connectivity index (χ0n) is 12.2. The van der Waals surface area contributed by atoms with E-state index in [0.29, 0.717) is 0 Å². The highest BCUT2D eigenvalue weighted by molar-refractivity contribution is 7.99. The van der Waals surface area contributed by atoms with Crippen molar-refractivity contribution in [3.05, 3.63) is 65.2 Å².